The number of methoxy groups -OCH3 is 1. The van der Waals surface area contributed by atoms with Gasteiger partial charge in [0, 0.05) is 34.1 Å². The van der Waals surface area contributed by atoms with E-state index in [0.717, 1.165) is 31.3 Å². The average molecular weight is 436 g/mol. The first-order valence-corrected chi connectivity index (χ1v) is 12.2. The summed E-state index contributed by atoms with van der Waals surface area (Å²) in [6.45, 7) is 1.32. The van der Waals surface area contributed by atoms with E-state index in [2.05, 4.69) is 11.0 Å². The highest BCUT2D eigenvalue weighted by molar-refractivity contribution is 7.91. The van der Waals surface area contributed by atoms with Crippen molar-refractivity contribution >= 4 is 42.9 Å². The van der Waals surface area contributed by atoms with Gasteiger partial charge in [-0.15, -0.1) is 11.3 Å². The Labute approximate surface area is 174 Å². The molecule has 1 aliphatic rings. The van der Waals surface area contributed by atoms with Crippen molar-refractivity contribution in [3.8, 4) is 5.75 Å². The van der Waals surface area contributed by atoms with Crippen molar-refractivity contribution in [1.82, 2.24) is 4.90 Å². The molecule has 7 heteroatoms. The van der Waals surface area contributed by atoms with Gasteiger partial charge in [-0.2, -0.15) is 0 Å². The monoisotopic (exact) mass is 435 g/mol. The molecular weight excluding hydrogens is 414 g/mol. The molecule has 0 radical (unpaired) electrons. The lowest BCUT2D eigenvalue weighted by Gasteiger charge is -2.28. The number of ether oxygens (including phenoxy) is 1. The van der Waals surface area contributed by atoms with Crippen molar-refractivity contribution < 1.29 is 13.2 Å². The first kappa shape index (κ1) is 19.7. The largest absolute Gasteiger partial charge is 0.497 e. The molecule has 1 aromatic heterocycles. The summed E-state index contributed by atoms with van der Waals surface area (Å²) in [6.07, 6.45) is 0.668. The van der Waals surface area contributed by atoms with Crippen LogP contribution in [0.25, 0.3) is 10.1 Å². The fourth-order valence-corrected chi connectivity index (χ4v) is 6.97. The van der Waals surface area contributed by atoms with E-state index in [1.54, 1.807) is 18.4 Å². The van der Waals surface area contributed by atoms with Gasteiger partial charge in [0.25, 0.3) is 0 Å². The van der Waals surface area contributed by atoms with Gasteiger partial charge in [-0.05, 0) is 30.2 Å². The van der Waals surface area contributed by atoms with E-state index in [-0.39, 0.29) is 17.5 Å². The molecule has 1 unspecified atom stereocenters. The van der Waals surface area contributed by atoms with Crippen LogP contribution < -0.4 is 4.74 Å². The van der Waals surface area contributed by atoms with Crippen LogP contribution in [-0.4, -0.2) is 38.0 Å². The van der Waals surface area contributed by atoms with E-state index < -0.39 is 9.84 Å². The van der Waals surface area contributed by atoms with Gasteiger partial charge in [0.15, 0.2) is 9.84 Å². The minimum atomic E-state index is -2.96. The number of benzene rings is 2. The molecule has 1 fully saturated rings. The lowest BCUT2D eigenvalue weighted by molar-refractivity contribution is 0.196. The van der Waals surface area contributed by atoms with Crippen LogP contribution in [0.5, 0.6) is 5.75 Å². The van der Waals surface area contributed by atoms with Crippen LogP contribution in [0.1, 0.15) is 16.9 Å². The van der Waals surface area contributed by atoms with E-state index in [0.29, 0.717) is 19.5 Å². The van der Waals surface area contributed by atoms with Crippen LogP contribution in [0.3, 0.4) is 0 Å². The third-order valence-corrected chi connectivity index (χ3v) is 8.67. The highest BCUT2D eigenvalue weighted by Crippen LogP contribution is 2.37. The number of halogens is 1. The first-order valence-electron chi connectivity index (χ1n) is 9.18. The Morgan fingerprint density at radius 3 is 2.54 bits per heavy atom. The van der Waals surface area contributed by atoms with Crippen LogP contribution in [0, 0.1) is 0 Å². The number of rotatable bonds is 6. The van der Waals surface area contributed by atoms with Gasteiger partial charge in [0.1, 0.15) is 5.75 Å². The third-order valence-electron chi connectivity index (χ3n) is 5.22. The van der Waals surface area contributed by atoms with E-state index in [9.17, 15) is 8.42 Å². The van der Waals surface area contributed by atoms with Gasteiger partial charge in [0.2, 0.25) is 0 Å². The minimum Gasteiger partial charge on any atom is -0.497 e. The van der Waals surface area contributed by atoms with Gasteiger partial charge in [0.05, 0.1) is 23.6 Å². The smallest absolute Gasteiger partial charge is 0.151 e. The number of fused-ring (bicyclic) bond motifs is 1. The predicted molar refractivity (Wildman–Crippen MR) is 116 cm³/mol. The SMILES string of the molecule is COc1ccc(CN(Cc2sc3ccccc3c2Cl)C2CCS(=O)(=O)C2)cc1. The zero-order valence-corrected chi connectivity index (χ0v) is 18.0. The van der Waals surface area contributed by atoms with Crippen molar-refractivity contribution in [2.75, 3.05) is 18.6 Å². The Morgan fingerprint density at radius 1 is 1.14 bits per heavy atom. The van der Waals surface area contributed by atoms with Gasteiger partial charge in [-0.3, -0.25) is 4.90 Å². The Morgan fingerprint density at radius 2 is 1.89 bits per heavy atom. The Bertz CT molecular complexity index is 1080. The molecule has 3 aromatic rings. The Balaban J connectivity index is 1.62. The van der Waals surface area contributed by atoms with Gasteiger partial charge in [-0.25, -0.2) is 8.42 Å². The molecule has 4 rings (SSSR count). The van der Waals surface area contributed by atoms with Crippen LogP contribution in [0.15, 0.2) is 48.5 Å². The van der Waals surface area contributed by atoms with Crippen LogP contribution in [0.4, 0.5) is 0 Å². The summed E-state index contributed by atoms with van der Waals surface area (Å²) >= 11 is 8.34. The van der Waals surface area contributed by atoms with Crippen molar-refractivity contribution in [3.05, 3.63) is 64.0 Å². The number of sulfone groups is 1. The third kappa shape index (κ3) is 4.20. The van der Waals surface area contributed by atoms with Crippen molar-refractivity contribution in [2.45, 2.75) is 25.6 Å². The maximum Gasteiger partial charge on any atom is 0.151 e. The number of hydrogen-bond acceptors (Lipinski definition) is 5. The molecule has 0 bridgehead atoms. The molecule has 2 heterocycles. The van der Waals surface area contributed by atoms with Gasteiger partial charge < -0.3 is 4.74 Å². The molecule has 0 aliphatic carbocycles. The summed E-state index contributed by atoms with van der Waals surface area (Å²) in [5.41, 5.74) is 1.13. The molecule has 1 atom stereocenters. The van der Waals surface area contributed by atoms with E-state index in [1.807, 2.05) is 42.5 Å². The molecule has 0 spiro atoms. The zero-order chi connectivity index (χ0) is 19.7. The zero-order valence-electron chi connectivity index (χ0n) is 15.6. The molecular formula is C21H22ClNO3S2. The summed E-state index contributed by atoms with van der Waals surface area (Å²) in [6, 6.07) is 16.0. The summed E-state index contributed by atoms with van der Waals surface area (Å²) in [5.74, 6) is 1.29. The molecule has 28 heavy (non-hydrogen) atoms. The highest BCUT2D eigenvalue weighted by atomic mass is 35.5. The van der Waals surface area contributed by atoms with Crippen LogP contribution in [0.2, 0.25) is 5.02 Å². The lowest BCUT2D eigenvalue weighted by atomic mass is 10.1. The first-order chi connectivity index (χ1) is 13.4. The summed E-state index contributed by atoms with van der Waals surface area (Å²) in [7, 11) is -1.31. The summed E-state index contributed by atoms with van der Waals surface area (Å²) < 4.78 is 30.5. The second-order valence-corrected chi connectivity index (χ2v) is 10.9. The van der Waals surface area contributed by atoms with Crippen molar-refractivity contribution in [3.63, 3.8) is 0 Å². The van der Waals surface area contributed by atoms with E-state index >= 15 is 0 Å². The van der Waals surface area contributed by atoms with Crippen molar-refractivity contribution in [2.24, 2.45) is 0 Å². The summed E-state index contributed by atoms with van der Waals surface area (Å²) in [5, 5.41) is 1.84. The molecule has 0 saturated carbocycles. The molecule has 1 aliphatic heterocycles. The van der Waals surface area contributed by atoms with Crippen LogP contribution in [-0.2, 0) is 22.9 Å². The fourth-order valence-electron chi connectivity index (χ4n) is 3.69. The quantitative estimate of drug-likeness (QED) is 0.560. The van der Waals surface area contributed by atoms with E-state index in [1.165, 1.54) is 0 Å². The van der Waals surface area contributed by atoms with Crippen molar-refractivity contribution in [1.29, 1.82) is 0 Å². The van der Waals surface area contributed by atoms with Gasteiger partial charge >= 0.3 is 0 Å². The molecule has 148 valence electrons. The normalized spacial score (nSPS) is 18.8. The molecule has 0 amide bonds. The van der Waals surface area contributed by atoms with Gasteiger partial charge in [-0.1, -0.05) is 41.9 Å². The molecule has 1 saturated heterocycles. The second-order valence-electron chi connectivity index (χ2n) is 7.15. The predicted octanol–water partition coefficient (Wildman–Crippen LogP) is 4.75. The maximum atomic E-state index is 12.1. The number of thiophene rings is 1. The highest BCUT2D eigenvalue weighted by Gasteiger charge is 2.33. The second kappa shape index (κ2) is 8.03. The van der Waals surface area contributed by atoms with Crippen LogP contribution >= 0.6 is 22.9 Å². The maximum absolute atomic E-state index is 12.1. The molecule has 0 N–H and O–H groups in total. The molecule has 4 nitrogen and oxygen atoms in total. The Hall–Kier alpha value is -1.60. The Kier molecular flexibility index (Phi) is 5.65. The summed E-state index contributed by atoms with van der Waals surface area (Å²) in [4.78, 5) is 3.34. The molecule has 2 aromatic carbocycles. The number of hydrogen-bond donors (Lipinski definition) is 0. The number of nitrogens with zero attached hydrogens (tertiary/aromatic N) is 1. The lowest BCUT2D eigenvalue weighted by Crippen LogP contribution is -2.35. The minimum absolute atomic E-state index is 0.00776. The fraction of sp³-hybridized carbons (Fsp3) is 0.333. The topological polar surface area (TPSA) is 46.6 Å². The van der Waals surface area contributed by atoms with E-state index in [4.69, 9.17) is 16.3 Å². The standard InChI is InChI=1S/C21H22ClNO3S2/c1-26-17-8-6-15(7-9-17)12-23(16-10-11-28(24,25)14-16)13-20-21(22)18-4-2-3-5-19(18)27-20/h2-9,16H,10-14H2,1H3. The average Bonchev–Trinajstić information content (AvgIpc) is 3.21.